The van der Waals surface area contributed by atoms with Crippen molar-refractivity contribution >= 4 is 27.8 Å². The standard InChI is InChI=1S/C26H35F3N2O5S2/c1-18(24(33)34)37-22-13-20(26(27,28)29)14-23(15-22)38(35,36)31(4)17-21(32)16-30-25(2,3)12-8-11-19-9-6-5-7-10-19/h5-7,9-10,13-15,18,21,30,32H,8,11-12,16-17H2,1-4H3,(H,33,34)/t18-,21?/m1/s1. The molecule has 2 atom stereocenters. The summed E-state index contributed by atoms with van der Waals surface area (Å²) in [5.41, 5.74) is -0.309. The highest BCUT2D eigenvalue weighted by Gasteiger charge is 2.34. The number of carboxylic acid groups (broad SMARTS) is 1. The number of carboxylic acids is 1. The zero-order valence-electron chi connectivity index (χ0n) is 21.8. The molecule has 38 heavy (non-hydrogen) atoms. The number of hydrogen-bond donors (Lipinski definition) is 3. The highest BCUT2D eigenvalue weighted by atomic mass is 32.2. The maximum atomic E-state index is 13.5. The first-order valence-corrected chi connectivity index (χ1v) is 14.4. The molecule has 1 unspecified atom stereocenters. The normalized spacial score (nSPS) is 14.4. The molecular formula is C26H35F3N2O5S2. The second kappa shape index (κ2) is 13.3. The second-order valence-electron chi connectivity index (χ2n) is 9.83. The molecule has 12 heteroatoms. The number of benzene rings is 2. The largest absolute Gasteiger partial charge is 0.480 e. The van der Waals surface area contributed by atoms with Crippen LogP contribution >= 0.6 is 11.8 Å². The third kappa shape index (κ3) is 9.88. The van der Waals surface area contributed by atoms with Crippen molar-refractivity contribution in [3.05, 3.63) is 59.7 Å². The number of nitrogens with zero attached hydrogens (tertiary/aromatic N) is 1. The van der Waals surface area contributed by atoms with E-state index in [0.717, 1.165) is 35.7 Å². The average molecular weight is 577 g/mol. The van der Waals surface area contributed by atoms with Crippen LogP contribution in [0.1, 0.15) is 44.7 Å². The number of aryl methyl sites for hydroxylation is 1. The Morgan fingerprint density at radius 3 is 2.34 bits per heavy atom. The molecule has 0 aromatic heterocycles. The Morgan fingerprint density at radius 1 is 1.13 bits per heavy atom. The van der Waals surface area contributed by atoms with Gasteiger partial charge in [-0.15, -0.1) is 11.8 Å². The van der Waals surface area contributed by atoms with Gasteiger partial charge in [0.15, 0.2) is 0 Å². The minimum Gasteiger partial charge on any atom is -0.480 e. The van der Waals surface area contributed by atoms with Gasteiger partial charge in [0.25, 0.3) is 0 Å². The summed E-state index contributed by atoms with van der Waals surface area (Å²) in [7, 11) is -3.23. The number of likely N-dealkylation sites (N-methyl/N-ethyl adjacent to an activating group) is 1. The van der Waals surface area contributed by atoms with Crippen LogP contribution < -0.4 is 5.32 Å². The molecule has 0 aliphatic rings. The predicted molar refractivity (Wildman–Crippen MR) is 142 cm³/mol. The highest BCUT2D eigenvalue weighted by molar-refractivity contribution is 8.00. The van der Waals surface area contributed by atoms with E-state index >= 15 is 0 Å². The molecule has 212 valence electrons. The van der Waals surface area contributed by atoms with Gasteiger partial charge in [-0.05, 0) is 63.8 Å². The van der Waals surface area contributed by atoms with Crippen LogP contribution in [0.25, 0.3) is 0 Å². The zero-order chi connectivity index (χ0) is 28.7. The first-order chi connectivity index (χ1) is 17.5. The number of β-amino-alcohol motifs (C(OH)–C–C–N with tert-alkyl or cyclic N) is 1. The monoisotopic (exact) mass is 576 g/mol. The van der Waals surface area contributed by atoms with Gasteiger partial charge in [-0.3, -0.25) is 4.79 Å². The van der Waals surface area contributed by atoms with E-state index in [4.69, 9.17) is 5.11 Å². The number of sulfonamides is 1. The fourth-order valence-electron chi connectivity index (χ4n) is 3.71. The third-order valence-corrected chi connectivity index (χ3v) is 8.83. The van der Waals surface area contributed by atoms with E-state index in [2.05, 4.69) is 17.4 Å². The van der Waals surface area contributed by atoms with Crippen molar-refractivity contribution < 1.29 is 36.6 Å². The molecular weight excluding hydrogens is 541 g/mol. The van der Waals surface area contributed by atoms with Crippen LogP contribution in [0.5, 0.6) is 0 Å². The van der Waals surface area contributed by atoms with Crippen molar-refractivity contribution in [2.45, 2.75) is 72.9 Å². The fraction of sp³-hybridized carbons (Fsp3) is 0.500. The molecule has 2 rings (SSSR count). The second-order valence-corrected chi connectivity index (χ2v) is 13.3. The fourth-order valence-corrected chi connectivity index (χ4v) is 5.96. The lowest BCUT2D eigenvalue weighted by Crippen LogP contribution is -2.46. The number of aliphatic hydroxyl groups is 1. The molecule has 0 fully saturated rings. The number of hydrogen-bond acceptors (Lipinski definition) is 6. The van der Waals surface area contributed by atoms with Gasteiger partial charge in [0.2, 0.25) is 10.0 Å². The zero-order valence-corrected chi connectivity index (χ0v) is 23.5. The van der Waals surface area contributed by atoms with Gasteiger partial charge in [0, 0.05) is 30.6 Å². The molecule has 2 aromatic carbocycles. The lowest BCUT2D eigenvalue weighted by atomic mass is 9.95. The van der Waals surface area contributed by atoms with E-state index in [1.807, 2.05) is 32.0 Å². The minimum absolute atomic E-state index is 0.0814. The SMILES string of the molecule is C[C@@H](Sc1cc(C(F)(F)F)cc(S(=O)(=O)N(C)CC(O)CNC(C)(C)CCCc2ccccc2)c1)C(=O)O. The van der Waals surface area contributed by atoms with Crippen molar-refractivity contribution in [1.82, 2.24) is 9.62 Å². The van der Waals surface area contributed by atoms with Gasteiger partial charge in [-0.2, -0.15) is 17.5 Å². The summed E-state index contributed by atoms with van der Waals surface area (Å²) in [6, 6.07) is 12.3. The van der Waals surface area contributed by atoms with Crippen molar-refractivity contribution in [3.8, 4) is 0 Å². The molecule has 0 spiro atoms. The van der Waals surface area contributed by atoms with Crippen molar-refractivity contribution in [2.75, 3.05) is 20.1 Å². The van der Waals surface area contributed by atoms with E-state index in [1.54, 1.807) is 0 Å². The Hall–Kier alpha value is -2.12. The maximum absolute atomic E-state index is 13.5. The van der Waals surface area contributed by atoms with E-state index in [9.17, 15) is 31.5 Å². The van der Waals surface area contributed by atoms with Crippen LogP contribution in [-0.2, 0) is 27.4 Å². The molecule has 0 aliphatic heterocycles. The number of carbonyl (C=O) groups is 1. The Balaban J connectivity index is 2.05. The van der Waals surface area contributed by atoms with Crippen LogP contribution in [0, 0.1) is 0 Å². The molecule has 2 aromatic rings. The van der Waals surface area contributed by atoms with E-state index in [0.29, 0.717) is 17.8 Å². The first-order valence-electron chi connectivity index (χ1n) is 12.1. The van der Waals surface area contributed by atoms with E-state index < -0.39 is 44.0 Å². The van der Waals surface area contributed by atoms with Gasteiger partial charge in [-0.25, -0.2) is 8.42 Å². The van der Waals surface area contributed by atoms with E-state index in [-0.39, 0.29) is 23.5 Å². The number of aliphatic hydroxyl groups excluding tert-OH is 1. The Kier molecular flexibility index (Phi) is 11.2. The lowest BCUT2D eigenvalue weighted by Gasteiger charge is -2.29. The Morgan fingerprint density at radius 2 is 1.76 bits per heavy atom. The molecule has 0 aliphatic carbocycles. The lowest BCUT2D eigenvalue weighted by molar-refractivity contribution is -0.138. The number of alkyl halides is 3. The molecule has 0 saturated carbocycles. The van der Waals surface area contributed by atoms with Gasteiger partial charge >= 0.3 is 12.1 Å². The highest BCUT2D eigenvalue weighted by Crippen LogP contribution is 2.36. The molecule has 7 nitrogen and oxygen atoms in total. The summed E-state index contributed by atoms with van der Waals surface area (Å²) in [5, 5.41) is 21.7. The maximum Gasteiger partial charge on any atom is 0.416 e. The summed E-state index contributed by atoms with van der Waals surface area (Å²) in [5.74, 6) is -1.24. The summed E-state index contributed by atoms with van der Waals surface area (Å²) < 4.78 is 67.4. The third-order valence-electron chi connectivity index (χ3n) is 5.97. The van der Waals surface area contributed by atoms with Crippen molar-refractivity contribution in [2.24, 2.45) is 0 Å². The molecule has 0 radical (unpaired) electrons. The molecule has 3 N–H and O–H groups in total. The number of aliphatic carboxylic acids is 1. The Labute approximate surface area is 226 Å². The summed E-state index contributed by atoms with van der Waals surface area (Å²) in [4.78, 5) is 10.4. The number of thioether (sulfide) groups is 1. The Bertz CT molecular complexity index is 1180. The first kappa shape index (κ1) is 32.1. The minimum atomic E-state index is -4.83. The van der Waals surface area contributed by atoms with Gasteiger partial charge in [0.1, 0.15) is 5.25 Å². The van der Waals surface area contributed by atoms with Crippen molar-refractivity contribution in [1.29, 1.82) is 0 Å². The van der Waals surface area contributed by atoms with Gasteiger partial charge < -0.3 is 15.5 Å². The molecule has 0 bridgehead atoms. The van der Waals surface area contributed by atoms with Gasteiger partial charge in [0.05, 0.1) is 16.6 Å². The molecule has 0 saturated heterocycles. The predicted octanol–water partition coefficient (Wildman–Crippen LogP) is 4.64. The van der Waals surface area contributed by atoms with Crippen LogP contribution in [0.15, 0.2) is 58.3 Å². The number of rotatable bonds is 14. The summed E-state index contributed by atoms with van der Waals surface area (Å²) >= 11 is 0.612. The summed E-state index contributed by atoms with van der Waals surface area (Å²) in [6.07, 6.45) is -3.33. The smallest absolute Gasteiger partial charge is 0.416 e. The van der Waals surface area contributed by atoms with Crippen LogP contribution in [0.2, 0.25) is 0 Å². The quantitative estimate of drug-likeness (QED) is 0.281. The molecule has 0 heterocycles. The number of nitrogens with one attached hydrogen (secondary N) is 1. The topological polar surface area (TPSA) is 107 Å². The van der Waals surface area contributed by atoms with E-state index in [1.165, 1.54) is 19.5 Å². The summed E-state index contributed by atoms with van der Waals surface area (Å²) in [6.45, 7) is 4.98. The average Bonchev–Trinajstić information content (AvgIpc) is 2.82. The molecule has 0 amide bonds. The van der Waals surface area contributed by atoms with Gasteiger partial charge in [-0.1, -0.05) is 30.3 Å². The van der Waals surface area contributed by atoms with Crippen molar-refractivity contribution in [3.63, 3.8) is 0 Å². The van der Waals surface area contributed by atoms with Crippen LogP contribution in [0.4, 0.5) is 13.2 Å². The number of halogens is 3. The van der Waals surface area contributed by atoms with Crippen LogP contribution in [0.3, 0.4) is 0 Å². The van der Waals surface area contributed by atoms with Crippen LogP contribution in [-0.4, -0.2) is 65.9 Å².